The van der Waals surface area contributed by atoms with Gasteiger partial charge in [-0.2, -0.15) is 0 Å². The van der Waals surface area contributed by atoms with Crippen LogP contribution in [0.1, 0.15) is 34.6 Å². The number of hydrogen-bond acceptors (Lipinski definition) is 5. The first kappa shape index (κ1) is 16.6. The van der Waals surface area contributed by atoms with Crippen molar-refractivity contribution in [3.8, 4) is 0 Å². The first-order valence-corrected chi connectivity index (χ1v) is 8.34. The van der Waals surface area contributed by atoms with E-state index < -0.39 is 12.1 Å². The Kier molecular flexibility index (Phi) is 4.32. The summed E-state index contributed by atoms with van der Waals surface area (Å²) < 4.78 is 4.57. The number of methoxy groups -OCH3 is 1. The van der Waals surface area contributed by atoms with Crippen molar-refractivity contribution in [2.45, 2.75) is 56.8 Å². The highest BCUT2D eigenvalue weighted by atomic mass is 32.2. The molecule has 6 atom stereocenters. The Morgan fingerprint density at radius 2 is 1.81 bits per heavy atom. The summed E-state index contributed by atoms with van der Waals surface area (Å²) >= 11 is 1.69. The van der Waals surface area contributed by atoms with Crippen molar-refractivity contribution in [2.75, 3.05) is 7.11 Å². The molecule has 6 heteroatoms. The van der Waals surface area contributed by atoms with E-state index >= 15 is 0 Å². The lowest BCUT2D eigenvalue weighted by molar-refractivity contribution is -0.154. The predicted octanol–water partition coefficient (Wildman–Crippen LogP) is 1.46. The van der Waals surface area contributed by atoms with Gasteiger partial charge in [0.05, 0.1) is 18.5 Å². The number of carbonyl (C=O) groups is 2. The summed E-state index contributed by atoms with van der Waals surface area (Å²) in [4.78, 5) is 26.8. The topological polar surface area (TPSA) is 72.6 Å². The maximum atomic E-state index is 12.8. The van der Waals surface area contributed by atoms with Crippen LogP contribution in [0, 0.1) is 17.8 Å². The molecule has 0 aromatic carbocycles. The second-order valence-corrected chi connectivity index (χ2v) is 8.66. The molecule has 0 radical (unpaired) electrons. The van der Waals surface area contributed by atoms with E-state index in [2.05, 4.69) is 13.8 Å². The highest BCUT2D eigenvalue weighted by Gasteiger charge is 2.58. The summed E-state index contributed by atoms with van der Waals surface area (Å²) in [5.74, 6) is 0.206. The Labute approximate surface area is 130 Å². The largest absolute Gasteiger partial charge is 0.467 e. The quantitative estimate of drug-likeness (QED) is 0.742. The van der Waals surface area contributed by atoms with E-state index in [9.17, 15) is 9.59 Å². The van der Waals surface area contributed by atoms with Crippen LogP contribution in [-0.4, -0.2) is 46.1 Å². The third-order valence-electron chi connectivity index (χ3n) is 5.27. The Balaban J connectivity index is 2.49. The Bertz CT molecular complexity index is 454. The third kappa shape index (κ3) is 2.46. The standard InChI is InChI=1S/C15H26N2O3S/c1-7-8(2)10(16)12(18)17-11(14(19)20-6)15(4,5)21-13(17)9(7)3/h7-11,13H,16H2,1-6H3. The van der Waals surface area contributed by atoms with E-state index in [1.165, 1.54) is 7.11 Å². The number of nitrogens with two attached hydrogens (primary N) is 1. The molecule has 5 nitrogen and oxygen atoms in total. The van der Waals surface area contributed by atoms with Crippen molar-refractivity contribution >= 4 is 23.6 Å². The lowest BCUT2D eigenvalue weighted by atomic mass is 9.82. The second-order valence-electron chi connectivity index (χ2n) is 6.89. The number of esters is 1. The normalized spacial score (nSPS) is 42.4. The summed E-state index contributed by atoms with van der Waals surface area (Å²) in [6.45, 7) is 10.3. The molecule has 1 amide bonds. The van der Waals surface area contributed by atoms with Gasteiger partial charge in [-0.05, 0) is 31.6 Å². The first-order chi connectivity index (χ1) is 9.63. The number of rotatable bonds is 1. The molecule has 0 bridgehead atoms. The van der Waals surface area contributed by atoms with E-state index in [0.29, 0.717) is 5.92 Å². The van der Waals surface area contributed by atoms with Gasteiger partial charge in [-0.25, -0.2) is 4.79 Å². The van der Waals surface area contributed by atoms with E-state index in [0.717, 1.165) is 0 Å². The fraction of sp³-hybridized carbons (Fsp3) is 0.867. The molecule has 2 heterocycles. The molecule has 0 spiro atoms. The minimum atomic E-state index is -0.573. The average Bonchev–Trinajstić information content (AvgIpc) is 2.71. The van der Waals surface area contributed by atoms with Gasteiger partial charge >= 0.3 is 5.97 Å². The number of fused-ring (bicyclic) bond motifs is 1. The smallest absolute Gasteiger partial charge is 0.330 e. The molecule has 2 rings (SSSR count). The van der Waals surface area contributed by atoms with Gasteiger partial charge in [0, 0.05) is 4.75 Å². The van der Waals surface area contributed by atoms with Crippen molar-refractivity contribution in [3.05, 3.63) is 0 Å². The molecular weight excluding hydrogens is 288 g/mol. The highest BCUT2D eigenvalue weighted by Crippen LogP contribution is 2.51. The molecule has 2 aliphatic heterocycles. The lowest BCUT2D eigenvalue weighted by Gasteiger charge is -2.32. The minimum absolute atomic E-state index is 0.0254. The second kappa shape index (κ2) is 5.47. The van der Waals surface area contributed by atoms with Gasteiger partial charge in [-0.15, -0.1) is 11.8 Å². The highest BCUT2D eigenvalue weighted by molar-refractivity contribution is 8.01. The minimum Gasteiger partial charge on any atom is -0.467 e. The van der Waals surface area contributed by atoms with Crippen LogP contribution in [-0.2, 0) is 14.3 Å². The van der Waals surface area contributed by atoms with Gasteiger partial charge in [0.25, 0.3) is 0 Å². The number of amides is 1. The summed E-state index contributed by atoms with van der Waals surface area (Å²) in [5, 5.41) is -0.0254. The average molecular weight is 314 g/mol. The SMILES string of the molecule is COC(=O)C1N2C(=O)C(N)C(C)C(C)C(C)C2SC1(C)C. The number of thioether (sulfide) groups is 1. The molecule has 2 fully saturated rings. The molecule has 0 aromatic heterocycles. The van der Waals surface area contributed by atoms with Crippen molar-refractivity contribution in [1.82, 2.24) is 4.90 Å². The fourth-order valence-electron chi connectivity index (χ4n) is 3.50. The third-order valence-corrected chi connectivity index (χ3v) is 7.00. The predicted molar refractivity (Wildman–Crippen MR) is 83.6 cm³/mol. The zero-order valence-electron chi connectivity index (χ0n) is 13.6. The van der Waals surface area contributed by atoms with Crippen LogP contribution in [0.3, 0.4) is 0 Å². The van der Waals surface area contributed by atoms with Crippen LogP contribution in [0.4, 0.5) is 0 Å². The maximum Gasteiger partial charge on any atom is 0.330 e. The molecule has 2 N–H and O–H groups in total. The summed E-state index contributed by atoms with van der Waals surface area (Å²) in [5.41, 5.74) is 6.17. The number of nitrogens with zero attached hydrogens (tertiary/aromatic N) is 1. The lowest BCUT2D eigenvalue weighted by Crippen LogP contribution is -2.55. The molecular formula is C15H26N2O3S. The maximum absolute atomic E-state index is 12.8. The molecule has 2 aliphatic rings. The molecule has 0 aromatic rings. The Morgan fingerprint density at radius 3 is 2.33 bits per heavy atom. The van der Waals surface area contributed by atoms with Gasteiger partial charge in [0.15, 0.2) is 0 Å². The molecule has 120 valence electrons. The Morgan fingerprint density at radius 1 is 1.24 bits per heavy atom. The van der Waals surface area contributed by atoms with E-state index in [1.54, 1.807) is 16.7 Å². The van der Waals surface area contributed by atoms with E-state index in [-0.39, 0.29) is 33.8 Å². The van der Waals surface area contributed by atoms with Crippen LogP contribution in [0.15, 0.2) is 0 Å². The molecule has 0 saturated carbocycles. The zero-order valence-corrected chi connectivity index (χ0v) is 14.4. The van der Waals surface area contributed by atoms with Crippen LogP contribution >= 0.6 is 11.8 Å². The first-order valence-electron chi connectivity index (χ1n) is 7.47. The van der Waals surface area contributed by atoms with Gasteiger partial charge in [0.1, 0.15) is 6.04 Å². The van der Waals surface area contributed by atoms with E-state index in [1.807, 2.05) is 20.8 Å². The molecule has 6 unspecified atom stereocenters. The summed E-state index contributed by atoms with van der Waals surface area (Å²) in [6, 6.07) is -1.13. The van der Waals surface area contributed by atoms with Gasteiger partial charge < -0.3 is 15.4 Å². The van der Waals surface area contributed by atoms with Crippen LogP contribution in [0.2, 0.25) is 0 Å². The van der Waals surface area contributed by atoms with Crippen LogP contribution in [0.5, 0.6) is 0 Å². The van der Waals surface area contributed by atoms with Crippen LogP contribution < -0.4 is 5.73 Å². The van der Waals surface area contributed by atoms with Crippen molar-refractivity contribution < 1.29 is 14.3 Å². The summed E-state index contributed by atoms with van der Waals surface area (Å²) in [7, 11) is 1.37. The number of ether oxygens (including phenoxy) is 1. The molecule has 21 heavy (non-hydrogen) atoms. The molecule has 2 saturated heterocycles. The fourth-order valence-corrected chi connectivity index (χ4v) is 5.26. The van der Waals surface area contributed by atoms with E-state index in [4.69, 9.17) is 10.5 Å². The van der Waals surface area contributed by atoms with Crippen molar-refractivity contribution in [1.29, 1.82) is 0 Å². The van der Waals surface area contributed by atoms with Gasteiger partial charge in [-0.3, -0.25) is 4.79 Å². The monoisotopic (exact) mass is 314 g/mol. The Hall–Kier alpha value is -0.750. The number of hydrogen-bond donors (Lipinski definition) is 1. The van der Waals surface area contributed by atoms with Crippen molar-refractivity contribution in [2.24, 2.45) is 23.5 Å². The van der Waals surface area contributed by atoms with Crippen LogP contribution in [0.25, 0.3) is 0 Å². The summed E-state index contributed by atoms with van der Waals surface area (Å²) in [6.07, 6.45) is 0. The molecule has 0 aliphatic carbocycles. The van der Waals surface area contributed by atoms with Crippen molar-refractivity contribution in [3.63, 3.8) is 0 Å². The zero-order chi connectivity index (χ0) is 16.1. The number of carbonyl (C=O) groups excluding carboxylic acids is 2. The van der Waals surface area contributed by atoms with Gasteiger partial charge in [-0.1, -0.05) is 20.8 Å². The van der Waals surface area contributed by atoms with Gasteiger partial charge in [0.2, 0.25) is 5.91 Å².